The highest BCUT2D eigenvalue weighted by atomic mass is 35.5. The van der Waals surface area contributed by atoms with Gasteiger partial charge in [-0.15, -0.1) is 24.8 Å². The molecule has 2 heterocycles. The number of carbonyl (C=O) groups excluding carboxylic acids is 1. The zero-order valence-corrected chi connectivity index (χ0v) is 15.7. The van der Waals surface area contributed by atoms with Gasteiger partial charge in [0.2, 0.25) is 5.91 Å². The van der Waals surface area contributed by atoms with Gasteiger partial charge in [0, 0.05) is 24.1 Å². The van der Waals surface area contributed by atoms with Gasteiger partial charge in [0.25, 0.3) is 0 Å². The predicted octanol–water partition coefficient (Wildman–Crippen LogP) is 4.24. The Bertz CT molecular complexity index is 733. The summed E-state index contributed by atoms with van der Waals surface area (Å²) in [5, 5.41) is 8.91. The maximum atomic E-state index is 12.5. The number of benzene rings is 1. The second-order valence-electron chi connectivity index (χ2n) is 5.81. The van der Waals surface area contributed by atoms with Gasteiger partial charge in [0.05, 0.1) is 11.5 Å². The van der Waals surface area contributed by atoms with Crippen LogP contribution < -0.4 is 16.0 Å². The van der Waals surface area contributed by atoms with Crippen LogP contribution in [0.3, 0.4) is 0 Å². The molecule has 148 valence electrons. The van der Waals surface area contributed by atoms with Crippen molar-refractivity contribution in [3.63, 3.8) is 0 Å². The van der Waals surface area contributed by atoms with E-state index >= 15 is 0 Å². The van der Waals surface area contributed by atoms with Gasteiger partial charge in [-0.2, -0.15) is 13.2 Å². The van der Waals surface area contributed by atoms with Crippen LogP contribution in [0.1, 0.15) is 12.0 Å². The standard InChI is InChI=1S/C17H17F3N4O.2ClH/c18-17(19,20)12-1-6-15(22-10-12)23-13-2-4-14(5-3-13)24-16(25)11-7-8-21-9-11;;/h1-6,10-11,21H,7-9H2,(H,22,23)(H,24,25);2*1H. The van der Waals surface area contributed by atoms with Gasteiger partial charge in [0.15, 0.2) is 0 Å². The summed E-state index contributed by atoms with van der Waals surface area (Å²) in [7, 11) is 0. The van der Waals surface area contributed by atoms with Crippen LogP contribution in [0.2, 0.25) is 0 Å². The molecule has 3 rings (SSSR count). The Morgan fingerprint density at radius 3 is 2.26 bits per heavy atom. The van der Waals surface area contributed by atoms with Crippen LogP contribution in [0.5, 0.6) is 0 Å². The van der Waals surface area contributed by atoms with E-state index in [1.807, 2.05) is 0 Å². The third-order valence-electron chi connectivity index (χ3n) is 3.95. The summed E-state index contributed by atoms with van der Waals surface area (Å²) < 4.78 is 37.5. The lowest BCUT2D eigenvalue weighted by atomic mass is 10.1. The monoisotopic (exact) mass is 422 g/mol. The molecule has 1 unspecified atom stereocenters. The van der Waals surface area contributed by atoms with E-state index in [0.717, 1.165) is 25.2 Å². The molecular weight excluding hydrogens is 404 g/mol. The van der Waals surface area contributed by atoms with Gasteiger partial charge in [-0.1, -0.05) is 0 Å². The van der Waals surface area contributed by atoms with Crippen LogP contribution in [0, 0.1) is 5.92 Å². The number of nitrogens with zero attached hydrogens (tertiary/aromatic N) is 1. The molecule has 10 heteroatoms. The number of aromatic nitrogens is 1. The lowest BCUT2D eigenvalue weighted by Crippen LogP contribution is -2.24. The van der Waals surface area contributed by atoms with Crippen molar-refractivity contribution in [1.82, 2.24) is 10.3 Å². The van der Waals surface area contributed by atoms with Crippen molar-refractivity contribution in [2.75, 3.05) is 23.7 Å². The third kappa shape index (κ3) is 6.27. The highest BCUT2D eigenvalue weighted by molar-refractivity contribution is 5.93. The number of alkyl halides is 3. The maximum Gasteiger partial charge on any atom is 0.417 e. The van der Waals surface area contributed by atoms with Crippen LogP contribution in [0.25, 0.3) is 0 Å². The molecule has 0 spiro atoms. The lowest BCUT2D eigenvalue weighted by molar-refractivity contribution is -0.137. The van der Waals surface area contributed by atoms with Gasteiger partial charge in [-0.05, 0) is 49.4 Å². The van der Waals surface area contributed by atoms with Crippen molar-refractivity contribution >= 4 is 47.9 Å². The molecule has 1 fully saturated rings. The number of halogens is 5. The molecule has 1 aliphatic rings. The summed E-state index contributed by atoms with van der Waals surface area (Å²) in [5.74, 6) is 0.270. The average molecular weight is 423 g/mol. The number of amides is 1. The minimum atomic E-state index is -4.40. The first-order valence-electron chi connectivity index (χ1n) is 7.84. The second kappa shape index (κ2) is 9.77. The molecule has 0 radical (unpaired) electrons. The molecule has 1 amide bonds. The van der Waals surface area contributed by atoms with E-state index in [0.29, 0.717) is 23.7 Å². The van der Waals surface area contributed by atoms with Crippen LogP contribution >= 0.6 is 24.8 Å². The SMILES string of the molecule is Cl.Cl.O=C(Nc1ccc(Nc2ccc(C(F)(F)F)cn2)cc1)C1CCNC1. The molecule has 3 N–H and O–H groups in total. The summed E-state index contributed by atoms with van der Waals surface area (Å²) in [6, 6.07) is 9.15. The topological polar surface area (TPSA) is 66.0 Å². The fraction of sp³-hybridized carbons (Fsp3) is 0.294. The summed E-state index contributed by atoms with van der Waals surface area (Å²) in [6.07, 6.45) is -2.79. The van der Waals surface area contributed by atoms with Crippen molar-refractivity contribution in [1.29, 1.82) is 0 Å². The third-order valence-corrected chi connectivity index (χ3v) is 3.95. The quantitative estimate of drug-likeness (QED) is 0.689. The number of nitrogens with one attached hydrogen (secondary N) is 3. The van der Waals surface area contributed by atoms with Crippen molar-refractivity contribution in [3.05, 3.63) is 48.2 Å². The molecule has 1 aromatic heterocycles. The highest BCUT2D eigenvalue weighted by Crippen LogP contribution is 2.29. The smallest absolute Gasteiger partial charge is 0.340 e. The van der Waals surface area contributed by atoms with Crippen LogP contribution in [0.4, 0.5) is 30.4 Å². The maximum absolute atomic E-state index is 12.5. The lowest BCUT2D eigenvalue weighted by Gasteiger charge is -2.11. The van der Waals surface area contributed by atoms with E-state index in [1.165, 1.54) is 6.07 Å². The Hall–Kier alpha value is -2.03. The molecule has 2 aromatic rings. The van der Waals surface area contributed by atoms with E-state index in [2.05, 4.69) is 20.9 Å². The van der Waals surface area contributed by atoms with Gasteiger partial charge in [-0.25, -0.2) is 4.98 Å². The van der Waals surface area contributed by atoms with Gasteiger partial charge in [-0.3, -0.25) is 4.79 Å². The van der Waals surface area contributed by atoms with Crippen LogP contribution in [-0.4, -0.2) is 24.0 Å². The van der Waals surface area contributed by atoms with Crippen molar-refractivity contribution < 1.29 is 18.0 Å². The minimum absolute atomic E-state index is 0. The Morgan fingerprint density at radius 2 is 1.74 bits per heavy atom. The largest absolute Gasteiger partial charge is 0.417 e. The molecule has 5 nitrogen and oxygen atoms in total. The van der Waals surface area contributed by atoms with E-state index in [9.17, 15) is 18.0 Å². The minimum Gasteiger partial charge on any atom is -0.340 e. The summed E-state index contributed by atoms with van der Waals surface area (Å²) in [4.78, 5) is 15.8. The van der Waals surface area contributed by atoms with E-state index in [1.54, 1.807) is 24.3 Å². The Labute approximate surface area is 167 Å². The molecule has 0 bridgehead atoms. The summed E-state index contributed by atoms with van der Waals surface area (Å²) >= 11 is 0. The molecule has 0 saturated carbocycles. The van der Waals surface area contributed by atoms with Gasteiger partial charge in [0.1, 0.15) is 5.82 Å². The number of hydrogen-bond donors (Lipinski definition) is 3. The summed E-state index contributed by atoms with van der Waals surface area (Å²) in [5.41, 5.74) is 0.535. The van der Waals surface area contributed by atoms with Gasteiger partial charge < -0.3 is 16.0 Å². The van der Waals surface area contributed by atoms with E-state index < -0.39 is 11.7 Å². The molecule has 1 atom stereocenters. The molecule has 0 aliphatic carbocycles. The van der Waals surface area contributed by atoms with Crippen molar-refractivity contribution in [3.8, 4) is 0 Å². The zero-order chi connectivity index (χ0) is 17.9. The molecule has 1 saturated heterocycles. The van der Waals surface area contributed by atoms with Gasteiger partial charge >= 0.3 is 6.18 Å². The number of anilines is 3. The van der Waals surface area contributed by atoms with Crippen molar-refractivity contribution in [2.24, 2.45) is 5.92 Å². The Morgan fingerprint density at radius 1 is 1.07 bits per heavy atom. The van der Waals surface area contributed by atoms with Crippen LogP contribution in [-0.2, 0) is 11.0 Å². The predicted molar refractivity (Wildman–Crippen MR) is 103 cm³/mol. The number of carbonyl (C=O) groups is 1. The van der Waals surface area contributed by atoms with E-state index in [4.69, 9.17) is 0 Å². The fourth-order valence-electron chi connectivity index (χ4n) is 2.54. The zero-order valence-electron chi connectivity index (χ0n) is 14.0. The summed E-state index contributed by atoms with van der Waals surface area (Å²) in [6.45, 7) is 1.53. The fourth-order valence-corrected chi connectivity index (χ4v) is 2.54. The first-order valence-corrected chi connectivity index (χ1v) is 7.84. The molecular formula is C17H19Cl2F3N4O. The second-order valence-corrected chi connectivity index (χ2v) is 5.81. The molecule has 27 heavy (non-hydrogen) atoms. The van der Waals surface area contributed by atoms with Crippen molar-refractivity contribution in [2.45, 2.75) is 12.6 Å². The molecule has 1 aliphatic heterocycles. The molecule has 1 aromatic carbocycles. The average Bonchev–Trinajstić information content (AvgIpc) is 3.11. The van der Waals surface area contributed by atoms with Crippen LogP contribution in [0.15, 0.2) is 42.6 Å². The first-order chi connectivity index (χ1) is 11.9. The normalized spacial score (nSPS) is 16.0. The number of pyridine rings is 1. The first kappa shape index (κ1) is 23.0. The number of rotatable bonds is 4. The Balaban J connectivity index is 0.00000182. The Kier molecular flexibility index (Phi) is 8.33. The highest BCUT2D eigenvalue weighted by Gasteiger charge is 2.30. The van der Waals surface area contributed by atoms with E-state index in [-0.39, 0.29) is 36.6 Å². The number of hydrogen-bond acceptors (Lipinski definition) is 4.